The summed E-state index contributed by atoms with van der Waals surface area (Å²) in [6, 6.07) is 9.80. The van der Waals surface area contributed by atoms with Gasteiger partial charge in [0.2, 0.25) is 5.91 Å². The number of anilines is 1. The first kappa shape index (κ1) is 28.5. The maximum absolute atomic E-state index is 14.7. The van der Waals surface area contributed by atoms with Crippen LogP contribution in [-0.2, 0) is 11.4 Å². The highest BCUT2D eigenvalue weighted by atomic mass is 19.1. The van der Waals surface area contributed by atoms with Crippen LogP contribution < -0.4 is 15.4 Å². The van der Waals surface area contributed by atoms with Crippen molar-refractivity contribution in [1.82, 2.24) is 14.9 Å². The normalized spacial score (nSPS) is 16.1. The van der Waals surface area contributed by atoms with E-state index in [4.69, 9.17) is 20.4 Å². The fourth-order valence-corrected chi connectivity index (χ4v) is 5.22. The lowest BCUT2D eigenvalue weighted by atomic mass is 10.0. The van der Waals surface area contributed by atoms with Crippen LogP contribution in [0.15, 0.2) is 30.3 Å². The predicted molar refractivity (Wildman–Crippen MR) is 154 cm³/mol. The number of amides is 1. The van der Waals surface area contributed by atoms with E-state index in [1.54, 1.807) is 13.0 Å². The SMILES string of the molecule is Cc1cccc(C)c1-c1nc(C)c(COc2cc(C(C)C)cc(F)c2C)c(N2CCN(CC(N)=O)[C@H](C)C2)n1. The molecule has 2 aromatic carbocycles. The van der Waals surface area contributed by atoms with Gasteiger partial charge in [0.25, 0.3) is 0 Å². The molecule has 0 spiro atoms. The van der Waals surface area contributed by atoms with Crippen LogP contribution in [0.5, 0.6) is 5.75 Å². The molecule has 208 valence electrons. The number of aromatic nitrogens is 2. The molecule has 0 unspecified atom stereocenters. The van der Waals surface area contributed by atoms with Gasteiger partial charge in [-0.3, -0.25) is 9.69 Å². The number of primary amides is 1. The molecule has 1 atom stereocenters. The highest BCUT2D eigenvalue weighted by Gasteiger charge is 2.29. The Morgan fingerprint density at radius 3 is 2.44 bits per heavy atom. The Balaban J connectivity index is 1.75. The molecule has 7 nitrogen and oxygen atoms in total. The van der Waals surface area contributed by atoms with E-state index in [-0.39, 0.29) is 36.8 Å². The molecule has 0 bridgehead atoms. The van der Waals surface area contributed by atoms with Crippen molar-refractivity contribution >= 4 is 11.7 Å². The first-order valence-corrected chi connectivity index (χ1v) is 13.6. The van der Waals surface area contributed by atoms with E-state index in [1.807, 2.05) is 32.9 Å². The lowest BCUT2D eigenvalue weighted by Crippen LogP contribution is -2.54. The molecule has 0 aliphatic carbocycles. The molecule has 0 radical (unpaired) electrons. The number of nitrogens with zero attached hydrogens (tertiary/aromatic N) is 4. The Kier molecular flexibility index (Phi) is 8.54. The Morgan fingerprint density at radius 1 is 1.13 bits per heavy atom. The van der Waals surface area contributed by atoms with Gasteiger partial charge in [-0.25, -0.2) is 14.4 Å². The number of hydrogen-bond donors (Lipinski definition) is 1. The van der Waals surface area contributed by atoms with Gasteiger partial charge in [0.05, 0.1) is 17.8 Å². The first-order chi connectivity index (χ1) is 18.5. The third kappa shape index (κ3) is 6.22. The third-order valence-electron chi connectivity index (χ3n) is 7.68. The molecule has 3 aromatic rings. The Hall–Kier alpha value is -3.52. The average Bonchev–Trinajstić information content (AvgIpc) is 2.86. The zero-order valence-corrected chi connectivity index (χ0v) is 24.1. The van der Waals surface area contributed by atoms with Crippen LogP contribution in [0, 0.1) is 33.5 Å². The smallest absolute Gasteiger partial charge is 0.231 e. The summed E-state index contributed by atoms with van der Waals surface area (Å²) in [6.07, 6.45) is 0. The van der Waals surface area contributed by atoms with Crippen LogP contribution in [-0.4, -0.2) is 53.0 Å². The molecular formula is C31H40FN5O2. The number of hydrogen-bond acceptors (Lipinski definition) is 6. The minimum absolute atomic E-state index is 0.109. The summed E-state index contributed by atoms with van der Waals surface area (Å²) in [5, 5.41) is 0. The number of rotatable bonds is 8. The lowest BCUT2D eigenvalue weighted by molar-refractivity contribution is -0.119. The highest BCUT2D eigenvalue weighted by molar-refractivity contribution is 5.76. The maximum Gasteiger partial charge on any atom is 0.231 e. The van der Waals surface area contributed by atoms with Crippen molar-refractivity contribution < 1.29 is 13.9 Å². The van der Waals surface area contributed by atoms with Gasteiger partial charge in [0, 0.05) is 36.8 Å². The van der Waals surface area contributed by atoms with Crippen molar-refractivity contribution in [1.29, 1.82) is 0 Å². The van der Waals surface area contributed by atoms with E-state index >= 15 is 0 Å². The maximum atomic E-state index is 14.7. The lowest BCUT2D eigenvalue weighted by Gasteiger charge is -2.40. The molecule has 39 heavy (non-hydrogen) atoms. The predicted octanol–water partition coefficient (Wildman–Crippen LogP) is 5.21. The van der Waals surface area contributed by atoms with Crippen molar-refractivity contribution in [3.8, 4) is 17.1 Å². The van der Waals surface area contributed by atoms with E-state index < -0.39 is 0 Å². The quantitative estimate of drug-likeness (QED) is 0.428. The number of ether oxygens (including phenoxy) is 1. The van der Waals surface area contributed by atoms with Crippen molar-refractivity contribution in [3.63, 3.8) is 0 Å². The second-order valence-electron chi connectivity index (χ2n) is 11.0. The van der Waals surface area contributed by atoms with E-state index in [2.05, 4.69) is 42.7 Å². The number of aryl methyl sites for hydroxylation is 3. The zero-order valence-electron chi connectivity index (χ0n) is 24.1. The number of benzene rings is 2. The van der Waals surface area contributed by atoms with Gasteiger partial charge in [-0.2, -0.15) is 0 Å². The van der Waals surface area contributed by atoms with Crippen LogP contribution >= 0.6 is 0 Å². The molecule has 2 heterocycles. The van der Waals surface area contributed by atoms with E-state index in [0.29, 0.717) is 36.8 Å². The van der Waals surface area contributed by atoms with Gasteiger partial charge < -0.3 is 15.4 Å². The van der Waals surface area contributed by atoms with Crippen molar-refractivity contribution in [2.45, 2.75) is 67.0 Å². The van der Waals surface area contributed by atoms with Gasteiger partial charge in [-0.15, -0.1) is 0 Å². The summed E-state index contributed by atoms with van der Waals surface area (Å²) in [5.74, 6) is 1.60. The molecular weight excluding hydrogens is 493 g/mol. The number of carbonyl (C=O) groups excluding carboxylic acids is 1. The fourth-order valence-electron chi connectivity index (χ4n) is 5.22. The van der Waals surface area contributed by atoms with Crippen LogP contribution in [0.3, 0.4) is 0 Å². The number of nitrogens with two attached hydrogens (primary N) is 1. The molecule has 4 rings (SSSR count). The molecule has 2 N–H and O–H groups in total. The van der Waals surface area contributed by atoms with Gasteiger partial charge in [-0.1, -0.05) is 32.0 Å². The summed E-state index contributed by atoms with van der Waals surface area (Å²) >= 11 is 0. The summed E-state index contributed by atoms with van der Waals surface area (Å²) in [4.78, 5) is 26.0. The third-order valence-corrected chi connectivity index (χ3v) is 7.68. The molecule has 1 saturated heterocycles. The van der Waals surface area contributed by atoms with E-state index in [9.17, 15) is 9.18 Å². The van der Waals surface area contributed by atoms with Gasteiger partial charge in [0.1, 0.15) is 24.0 Å². The molecule has 0 saturated carbocycles. The fraction of sp³-hybridized carbons (Fsp3) is 0.452. The van der Waals surface area contributed by atoms with Crippen LogP contribution in [0.25, 0.3) is 11.4 Å². The molecule has 1 aliphatic rings. The van der Waals surface area contributed by atoms with Gasteiger partial charge in [-0.05, 0) is 69.4 Å². The summed E-state index contributed by atoms with van der Waals surface area (Å²) in [5.41, 5.74) is 11.8. The monoisotopic (exact) mass is 533 g/mol. The second kappa shape index (κ2) is 11.7. The van der Waals surface area contributed by atoms with Gasteiger partial charge in [0.15, 0.2) is 5.82 Å². The van der Waals surface area contributed by atoms with Crippen molar-refractivity contribution in [2.24, 2.45) is 5.73 Å². The molecule has 1 amide bonds. The molecule has 8 heteroatoms. The topological polar surface area (TPSA) is 84.6 Å². The van der Waals surface area contributed by atoms with Crippen molar-refractivity contribution in [3.05, 3.63) is 69.7 Å². The van der Waals surface area contributed by atoms with Crippen LogP contribution in [0.1, 0.15) is 60.2 Å². The van der Waals surface area contributed by atoms with E-state index in [0.717, 1.165) is 39.3 Å². The van der Waals surface area contributed by atoms with Crippen LogP contribution in [0.4, 0.5) is 10.2 Å². The number of carbonyl (C=O) groups is 1. The summed E-state index contributed by atoms with van der Waals surface area (Å²) in [7, 11) is 0. The van der Waals surface area contributed by atoms with E-state index in [1.165, 1.54) is 0 Å². The molecule has 1 aromatic heterocycles. The number of piperazine rings is 1. The highest BCUT2D eigenvalue weighted by Crippen LogP contribution is 2.33. The first-order valence-electron chi connectivity index (χ1n) is 13.6. The van der Waals surface area contributed by atoms with Gasteiger partial charge >= 0.3 is 0 Å². The molecule has 1 aliphatic heterocycles. The van der Waals surface area contributed by atoms with Crippen molar-refractivity contribution in [2.75, 3.05) is 31.1 Å². The Morgan fingerprint density at radius 2 is 1.82 bits per heavy atom. The molecule has 1 fully saturated rings. The van der Waals surface area contributed by atoms with Crippen LogP contribution in [0.2, 0.25) is 0 Å². The summed E-state index contributed by atoms with van der Waals surface area (Å²) < 4.78 is 21.0. The minimum atomic E-state index is -0.328. The minimum Gasteiger partial charge on any atom is -0.488 e. The Bertz CT molecular complexity index is 1350. The average molecular weight is 534 g/mol. The zero-order chi connectivity index (χ0) is 28.4. The largest absolute Gasteiger partial charge is 0.488 e. The summed E-state index contributed by atoms with van der Waals surface area (Å²) in [6.45, 7) is 16.5. The number of halogens is 1. The standard InChI is InChI=1S/C31H40FN5O2/c1-18(2)24-13-26(32)22(6)27(14-24)39-17-25-23(7)34-30(29-19(3)9-8-10-20(29)4)35-31(25)37-12-11-36(16-28(33)38)21(5)15-37/h8-10,13-14,18,21H,11-12,15-17H2,1-7H3,(H2,33,38)/t21-/m1/s1. The second-order valence-corrected chi connectivity index (χ2v) is 11.0. The Labute approximate surface area is 231 Å².